The molecule has 2 saturated carbocycles. The molecule has 8 heteroatoms. The Balaban J connectivity index is 1.65. The van der Waals surface area contributed by atoms with Crippen LogP contribution in [0.15, 0.2) is 5.10 Å². The maximum Gasteiger partial charge on any atom is 0.309 e. The van der Waals surface area contributed by atoms with Crippen LogP contribution in [0.3, 0.4) is 0 Å². The average Bonchev–Trinajstić information content (AvgIpc) is 2.93. The average molecular weight is 256 g/mol. The molecule has 1 aliphatic heterocycles. The van der Waals surface area contributed by atoms with E-state index in [-0.39, 0.29) is 41.0 Å². The molecule has 0 aromatic carbocycles. The van der Waals surface area contributed by atoms with Crippen molar-refractivity contribution in [2.45, 2.75) is 25.0 Å². The number of ether oxygens (including phenoxy) is 1. The van der Waals surface area contributed by atoms with Gasteiger partial charge in [-0.25, -0.2) is 0 Å². The molecule has 0 amide bonds. The molecule has 7 unspecified atom stereocenters. The van der Waals surface area contributed by atoms with Gasteiger partial charge in [-0.2, -0.15) is 5.12 Å². The van der Waals surface area contributed by atoms with Gasteiger partial charge < -0.3 is 20.6 Å². The van der Waals surface area contributed by atoms with Gasteiger partial charge in [-0.05, 0) is 25.5 Å². The zero-order valence-electron chi connectivity index (χ0n) is 10.0. The molecular weight excluding hydrogens is 240 g/mol. The molecule has 3 rings (SSSR count). The lowest BCUT2D eigenvalue weighted by molar-refractivity contribution is -1.54. The Bertz CT molecular complexity index is 379. The molecule has 2 bridgehead atoms. The quantitative estimate of drug-likeness (QED) is 0.325. The van der Waals surface area contributed by atoms with Crippen LogP contribution < -0.4 is 10.5 Å². The highest BCUT2D eigenvalue weighted by molar-refractivity contribution is 5.76. The number of hydrogen-bond donors (Lipinski definition) is 2. The maximum absolute atomic E-state index is 11.7. The third kappa shape index (κ3) is 1.61. The first-order valence-corrected chi connectivity index (χ1v) is 6.03. The molecule has 7 atom stereocenters. The molecule has 1 saturated heterocycles. The summed E-state index contributed by atoms with van der Waals surface area (Å²) in [6, 6.07) is 0. The third-order valence-corrected chi connectivity index (χ3v) is 4.17. The van der Waals surface area contributed by atoms with Crippen molar-refractivity contribution in [3.8, 4) is 0 Å². The second-order valence-electron chi connectivity index (χ2n) is 5.10. The second-order valence-corrected chi connectivity index (χ2v) is 5.10. The van der Waals surface area contributed by atoms with Crippen molar-refractivity contribution < 1.29 is 24.8 Å². The molecular formula is C10H16N4O4. The SMILES string of the molecule is C=N[N-][NH+](C)[NH+]([O-])OC1C2CC3C(=O)OC1C3C2. The normalized spacial score (nSPS) is 43.7. The second kappa shape index (κ2) is 4.16. The zero-order chi connectivity index (χ0) is 12.9. The molecule has 0 spiro atoms. The summed E-state index contributed by atoms with van der Waals surface area (Å²) in [5.74, 6) is 0.365. The Morgan fingerprint density at radius 2 is 2.39 bits per heavy atom. The van der Waals surface area contributed by atoms with Gasteiger partial charge >= 0.3 is 5.97 Å². The fourth-order valence-electron chi connectivity index (χ4n) is 3.42. The van der Waals surface area contributed by atoms with E-state index in [0.717, 1.165) is 12.8 Å². The van der Waals surface area contributed by atoms with Crippen molar-refractivity contribution in [1.29, 1.82) is 0 Å². The predicted octanol–water partition coefficient (Wildman–Crippen LogP) is -2.42. The van der Waals surface area contributed by atoms with E-state index < -0.39 is 5.34 Å². The van der Waals surface area contributed by atoms with E-state index in [4.69, 9.17) is 9.57 Å². The minimum Gasteiger partial charge on any atom is -0.550 e. The van der Waals surface area contributed by atoms with Crippen LogP contribution in [-0.2, 0) is 14.4 Å². The molecule has 2 aliphatic carbocycles. The fourth-order valence-corrected chi connectivity index (χ4v) is 3.42. The number of quaternary nitrogens is 2. The number of carbonyl (C=O) groups is 1. The largest absolute Gasteiger partial charge is 0.550 e. The number of carbonyl (C=O) groups excluding carboxylic acids is 1. The summed E-state index contributed by atoms with van der Waals surface area (Å²) in [4.78, 5) is 17.0. The van der Waals surface area contributed by atoms with Crippen molar-refractivity contribution in [2.75, 3.05) is 7.05 Å². The minimum absolute atomic E-state index is 0.0274. The van der Waals surface area contributed by atoms with Crippen molar-refractivity contribution in [3.05, 3.63) is 10.7 Å². The summed E-state index contributed by atoms with van der Waals surface area (Å²) in [5, 5.41) is 14.7. The Kier molecular flexibility index (Phi) is 2.74. The van der Waals surface area contributed by atoms with E-state index in [0.29, 0.717) is 0 Å². The third-order valence-electron chi connectivity index (χ3n) is 4.17. The minimum atomic E-state index is -0.514. The summed E-state index contributed by atoms with van der Waals surface area (Å²) in [5.41, 5.74) is 3.55. The summed E-state index contributed by atoms with van der Waals surface area (Å²) in [6.07, 6.45) is 1.11. The molecule has 3 fully saturated rings. The molecule has 0 aromatic rings. The van der Waals surface area contributed by atoms with Crippen LogP contribution >= 0.6 is 0 Å². The van der Waals surface area contributed by atoms with Gasteiger partial charge in [0.05, 0.1) is 5.92 Å². The van der Waals surface area contributed by atoms with Gasteiger partial charge in [0.25, 0.3) is 0 Å². The summed E-state index contributed by atoms with van der Waals surface area (Å²) < 4.78 is 5.30. The lowest BCUT2D eigenvalue weighted by Gasteiger charge is -2.34. The van der Waals surface area contributed by atoms with Gasteiger partial charge in [-0.1, -0.05) is 5.34 Å². The molecule has 100 valence electrons. The number of esters is 1. The number of fused-ring (bicyclic) bond motifs is 1. The van der Waals surface area contributed by atoms with E-state index in [1.54, 1.807) is 0 Å². The summed E-state index contributed by atoms with van der Waals surface area (Å²) in [7, 11) is 1.52. The lowest BCUT2D eigenvalue weighted by atomic mass is 9.88. The van der Waals surface area contributed by atoms with Crippen molar-refractivity contribution in [3.63, 3.8) is 0 Å². The van der Waals surface area contributed by atoms with Gasteiger partial charge in [-0.15, -0.1) is 4.84 Å². The highest BCUT2D eigenvalue weighted by atomic mass is 16.9. The monoisotopic (exact) mass is 256 g/mol. The van der Waals surface area contributed by atoms with Gasteiger partial charge in [0, 0.05) is 5.92 Å². The van der Waals surface area contributed by atoms with E-state index in [1.165, 1.54) is 7.05 Å². The van der Waals surface area contributed by atoms with Crippen molar-refractivity contribution in [2.24, 2.45) is 22.9 Å². The smallest absolute Gasteiger partial charge is 0.309 e. The summed E-state index contributed by atoms with van der Waals surface area (Å²) in [6.45, 7) is 3.19. The van der Waals surface area contributed by atoms with Crippen LogP contribution in [0.1, 0.15) is 12.8 Å². The highest BCUT2D eigenvalue weighted by Crippen LogP contribution is 2.54. The molecule has 3 aliphatic rings. The highest BCUT2D eigenvalue weighted by Gasteiger charge is 2.63. The molecule has 18 heavy (non-hydrogen) atoms. The van der Waals surface area contributed by atoms with Gasteiger partial charge in [-0.3, -0.25) is 4.79 Å². The Morgan fingerprint density at radius 3 is 3.11 bits per heavy atom. The molecule has 8 nitrogen and oxygen atoms in total. The van der Waals surface area contributed by atoms with Gasteiger partial charge in [0.2, 0.25) is 0 Å². The Hall–Kier alpha value is -1.22. The standard InChI is InChI=1S/C10H16N4O4/c1-11-12-13(2)14(16)18-8-5-3-6-7(4-5)10(15)17-9(6)8/h5-9,13-14H,1,3-4H2,2H3. The molecule has 0 radical (unpaired) electrons. The van der Waals surface area contributed by atoms with Crippen LogP contribution in [0.2, 0.25) is 0 Å². The van der Waals surface area contributed by atoms with E-state index in [1.807, 2.05) is 0 Å². The number of hydrogen-bond acceptors (Lipinski definition) is 5. The number of nitrogens with zero attached hydrogens (tertiary/aromatic N) is 2. The first kappa shape index (κ1) is 11.8. The molecule has 1 heterocycles. The Labute approximate surface area is 104 Å². The van der Waals surface area contributed by atoms with Crippen LogP contribution in [0.5, 0.6) is 0 Å². The van der Waals surface area contributed by atoms with E-state index >= 15 is 0 Å². The lowest BCUT2D eigenvalue weighted by Crippen LogP contribution is -3.54. The predicted molar refractivity (Wildman–Crippen MR) is 58.6 cm³/mol. The van der Waals surface area contributed by atoms with Crippen molar-refractivity contribution >= 4 is 12.7 Å². The number of nitrogens with one attached hydrogen (secondary N) is 2. The summed E-state index contributed by atoms with van der Waals surface area (Å²) >= 11 is 0. The van der Waals surface area contributed by atoms with Gasteiger partial charge in [0.15, 0.2) is 6.10 Å². The fraction of sp³-hybridized carbons (Fsp3) is 0.800. The topological polar surface area (TPSA) is 93.9 Å². The number of rotatable bonds is 5. The molecule has 2 N–H and O–H groups in total. The van der Waals surface area contributed by atoms with E-state index in [9.17, 15) is 10.0 Å². The zero-order valence-corrected chi connectivity index (χ0v) is 10.0. The molecule has 0 aromatic heterocycles. The van der Waals surface area contributed by atoms with E-state index in [2.05, 4.69) is 17.4 Å². The first-order chi connectivity index (χ1) is 8.61. The van der Waals surface area contributed by atoms with Crippen LogP contribution in [0, 0.1) is 23.0 Å². The van der Waals surface area contributed by atoms with Crippen LogP contribution in [0.4, 0.5) is 0 Å². The van der Waals surface area contributed by atoms with Gasteiger partial charge in [0.1, 0.15) is 13.2 Å². The first-order valence-electron chi connectivity index (χ1n) is 6.03. The van der Waals surface area contributed by atoms with Crippen LogP contribution in [-0.4, -0.2) is 31.9 Å². The van der Waals surface area contributed by atoms with Crippen LogP contribution in [0.25, 0.3) is 5.53 Å². The Morgan fingerprint density at radius 1 is 1.61 bits per heavy atom. The maximum atomic E-state index is 11.7. The van der Waals surface area contributed by atoms with Crippen molar-refractivity contribution in [1.82, 2.24) is 0 Å².